The van der Waals surface area contributed by atoms with E-state index in [0.29, 0.717) is 6.54 Å². The molecule has 1 aromatic rings. The number of alkyl carbamates (subject to hydrolysis) is 1. The number of amides is 1. The monoisotopic (exact) mass is 392 g/mol. The molecule has 1 aromatic carbocycles. The number of nitrogens with one attached hydrogen (secondary N) is 1. The molecule has 0 radical (unpaired) electrons. The molecule has 1 N–H and O–H groups in total. The SMILES string of the molecule is CCOC(=O)C1(F)CN(Cc2ccccc2)C=C1CCNC(=O)OC(C)(C)C. The van der Waals surface area contributed by atoms with E-state index in [4.69, 9.17) is 9.47 Å². The van der Waals surface area contributed by atoms with Crippen molar-refractivity contribution in [3.63, 3.8) is 0 Å². The number of carbonyl (C=O) groups is 2. The average molecular weight is 392 g/mol. The second-order valence-electron chi connectivity index (χ2n) is 7.75. The molecule has 0 aromatic heterocycles. The van der Waals surface area contributed by atoms with Crippen molar-refractivity contribution in [1.29, 1.82) is 0 Å². The summed E-state index contributed by atoms with van der Waals surface area (Å²) in [6, 6.07) is 9.62. The molecule has 7 heteroatoms. The molecule has 1 aliphatic heterocycles. The second kappa shape index (κ2) is 9.08. The van der Waals surface area contributed by atoms with Crippen LogP contribution in [0, 0.1) is 0 Å². The van der Waals surface area contributed by atoms with Gasteiger partial charge in [-0.25, -0.2) is 14.0 Å². The fourth-order valence-corrected chi connectivity index (χ4v) is 2.99. The summed E-state index contributed by atoms with van der Waals surface area (Å²) >= 11 is 0. The first-order valence-electron chi connectivity index (χ1n) is 9.46. The number of rotatable bonds is 7. The minimum atomic E-state index is -2.22. The number of esters is 1. The zero-order chi connectivity index (χ0) is 20.8. The Balaban J connectivity index is 2.05. The van der Waals surface area contributed by atoms with Crippen molar-refractivity contribution in [2.45, 2.75) is 51.9 Å². The Morgan fingerprint density at radius 1 is 1.25 bits per heavy atom. The van der Waals surface area contributed by atoms with Gasteiger partial charge in [-0.15, -0.1) is 0 Å². The summed E-state index contributed by atoms with van der Waals surface area (Å²) in [4.78, 5) is 25.8. The van der Waals surface area contributed by atoms with Gasteiger partial charge in [-0.2, -0.15) is 0 Å². The molecule has 2 rings (SSSR count). The molecule has 6 nitrogen and oxygen atoms in total. The highest BCUT2D eigenvalue weighted by Gasteiger charge is 2.48. The van der Waals surface area contributed by atoms with Crippen LogP contribution >= 0.6 is 0 Å². The van der Waals surface area contributed by atoms with E-state index in [1.165, 1.54) is 0 Å². The van der Waals surface area contributed by atoms with Crippen LogP contribution in [0.15, 0.2) is 42.1 Å². The highest BCUT2D eigenvalue weighted by Crippen LogP contribution is 2.34. The van der Waals surface area contributed by atoms with Gasteiger partial charge in [0.2, 0.25) is 5.67 Å². The number of benzene rings is 1. The molecule has 1 aliphatic rings. The maximum Gasteiger partial charge on any atom is 0.407 e. The number of ether oxygens (including phenoxy) is 2. The molecule has 0 saturated heterocycles. The Kier molecular flexibility index (Phi) is 7.05. The second-order valence-corrected chi connectivity index (χ2v) is 7.75. The van der Waals surface area contributed by atoms with Gasteiger partial charge in [0.15, 0.2) is 0 Å². The smallest absolute Gasteiger partial charge is 0.407 e. The molecular weight excluding hydrogens is 363 g/mol. The Hall–Kier alpha value is -2.57. The van der Waals surface area contributed by atoms with E-state index in [1.807, 2.05) is 30.3 Å². The molecule has 1 atom stereocenters. The zero-order valence-corrected chi connectivity index (χ0v) is 17.0. The summed E-state index contributed by atoms with van der Waals surface area (Å²) in [6.07, 6.45) is 1.26. The first-order valence-corrected chi connectivity index (χ1v) is 9.46. The first kappa shape index (κ1) is 21.7. The molecule has 28 heavy (non-hydrogen) atoms. The lowest BCUT2D eigenvalue weighted by Gasteiger charge is -2.23. The fourth-order valence-electron chi connectivity index (χ4n) is 2.99. The number of halogens is 1. The normalized spacial score (nSPS) is 19.2. The highest BCUT2D eigenvalue weighted by atomic mass is 19.1. The maximum absolute atomic E-state index is 15.6. The van der Waals surface area contributed by atoms with Crippen molar-refractivity contribution in [2.24, 2.45) is 0 Å². The van der Waals surface area contributed by atoms with Gasteiger partial charge in [-0.05, 0) is 45.3 Å². The maximum atomic E-state index is 15.6. The Morgan fingerprint density at radius 2 is 1.93 bits per heavy atom. The average Bonchev–Trinajstić information content (AvgIpc) is 2.91. The molecule has 1 amide bonds. The van der Waals surface area contributed by atoms with Crippen LogP contribution in [-0.4, -0.2) is 47.9 Å². The number of hydrogen-bond acceptors (Lipinski definition) is 5. The van der Waals surface area contributed by atoms with E-state index in [2.05, 4.69) is 5.32 Å². The molecule has 0 bridgehead atoms. The third-order valence-electron chi connectivity index (χ3n) is 4.16. The van der Waals surface area contributed by atoms with E-state index < -0.39 is 23.3 Å². The van der Waals surface area contributed by atoms with Gasteiger partial charge >= 0.3 is 12.1 Å². The number of alkyl halides is 1. The molecule has 0 aliphatic carbocycles. The van der Waals surface area contributed by atoms with E-state index >= 15 is 4.39 Å². The van der Waals surface area contributed by atoms with E-state index in [-0.39, 0.29) is 31.7 Å². The lowest BCUT2D eigenvalue weighted by atomic mass is 9.96. The van der Waals surface area contributed by atoms with Crippen LogP contribution < -0.4 is 5.32 Å². The van der Waals surface area contributed by atoms with E-state index in [1.54, 1.807) is 38.8 Å². The predicted molar refractivity (Wildman–Crippen MR) is 104 cm³/mol. The van der Waals surface area contributed by atoms with Crippen LogP contribution in [-0.2, 0) is 20.8 Å². The summed E-state index contributed by atoms with van der Waals surface area (Å²) in [5.41, 5.74) is -1.53. The predicted octanol–water partition coefficient (Wildman–Crippen LogP) is 3.57. The van der Waals surface area contributed by atoms with Crippen LogP contribution in [0.25, 0.3) is 0 Å². The minimum Gasteiger partial charge on any atom is -0.463 e. The van der Waals surface area contributed by atoms with Gasteiger partial charge in [-0.1, -0.05) is 30.3 Å². The topological polar surface area (TPSA) is 67.9 Å². The van der Waals surface area contributed by atoms with Gasteiger partial charge in [-0.3, -0.25) is 0 Å². The van der Waals surface area contributed by atoms with Gasteiger partial charge in [0.05, 0.1) is 13.2 Å². The Labute approximate surface area is 165 Å². The van der Waals surface area contributed by atoms with Crippen molar-refractivity contribution in [2.75, 3.05) is 19.7 Å². The van der Waals surface area contributed by atoms with Crippen LogP contribution in [0.3, 0.4) is 0 Å². The van der Waals surface area contributed by atoms with E-state index in [9.17, 15) is 9.59 Å². The van der Waals surface area contributed by atoms with Crippen molar-refractivity contribution >= 4 is 12.1 Å². The van der Waals surface area contributed by atoms with Crippen LogP contribution in [0.1, 0.15) is 39.7 Å². The lowest BCUT2D eigenvalue weighted by Crippen LogP contribution is -2.42. The molecule has 0 saturated carbocycles. The van der Waals surface area contributed by atoms with Gasteiger partial charge in [0.1, 0.15) is 5.60 Å². The summed E-state index contributed by atoms with van der Waals surface area (Å²) < 4.78 is 25.7. The lowest BCUT2D eigenvalue weighted by molar-refractivity contribution is -0.154. The van der Waals surface area contributed by atoms with E-state index in [0.717, 1.165) is 5.56 Å². The standard InChI is InChI=1S/C21H29FN2O4/c1-5-27-18(25)21(22)15-24(13-16-9-7-6-8-10-16)14-17(21)11-12-23-19(26)28-20(2,3)4/h6-10,14H,5,11-13,15H2,1-4H3,(H,23,26). The van der Waals surface area contributed by atoms with Gasteiger partial charge < -0.3 is 19.7 Å². The molecule has 0 spiro atoms. The third-order valence-corrected chi connectivity index (χ3v) is 4.16. The van der Waals surface area contributed by atoms with Gasteiger partial charge in [0, 0.05) is 19.3 Å². The third kappa shape index (κ3) is 5.97. The van der Waals surface area contributed by atoms with Crippen molar-refractivity contribution in [1.82, 2.24) is 10.2 Å². The van der Waals surface area contributed by atoms with Crippen molar-refractivity contribution in [3.05, 3.63) is 47.7 Å². The number of carbonyl (C=O) groups excluding carboxylic acids is 2. The highest BCUT2D eigenvalue weighted by molar-refractivity contribution is 5.84. The first-order chi connectivity index (χ1) is 13.1. The molecule has 154 valence electrons. The van der Waals surface area contributed by atoms with Crippen molar-refractivity contribution < 1.29 is 23.5 Å². The minimum absolute atomic E-state index is 0.104. The molecular formula is C21H29FN2O4. The summed E-state index contributed by atoms with van der Waals surface area (Å²) in [6.45, 7) is 7.57. The Bertz CT molecular complexity index is 715. The summed E-state index contributed by atoms with van der Waals surface area (Å²) in [7, 11) is 0. The number of hydrogen-bond donors (Lipinski definition) is 1. The van der Waals surface area contributed by atoms with Crippen molar-refractivity contribution in [3.8, 4) is 0 Å². The van der Waals surface area contributed by atoms with Crippen LogP contribution in [0.4, 0.5) is 9.18 Å². The molecule has 1 heterocycles. The number of nitrogens with zero attached hydrogens (tertiary/aromatic N) is 1. The van der Waals surface area contributed by atoms with Gasteiger partial charge in [0.25, 0.3) is 0 Å². The summed E-state index contributed by atoms with van der Waals surface area (Å²) in [5, 5.41) is 2.60. The summed E-state index contributed by atoms with van der Waals surface area (Å²) in [5.74, 6) is -0.894. The molecule has 0 fully saturated rings. The largest absolute Gasteiger partial charge is 0.463 e. The van der Waals surface area contributed by atoms with Crippen LogP contribution in [0.2, 0.25) is 0 Å². The Morgan fingerprint density at radius 3 is 2.54 bits per heavy atom. The zero-order valence-electron chi connectivity index (χ0n) is 17.0. The quantitative estimate of drug-likeness (QED) is 0.719. The van der Waals surface area contributed by atoms with Crippen LogP contribution in [0.5, 0.6) is 0 Å². The fraction of sp³-hybridized carbons (Fsp3) is 0.524. The molecule has 1 unspecified atom stereocenters.